The van der Waals surface area contributed by atoms with Crippen LogP contribution in [0.1, 0.15) is 27.7 Å². The molecule has 37 heavy (non-hydrogen) atoms. The number of fused-ring (bicyclic) bond motifs is 1. The fourth-order valence-corrected chi connectivity index (χ4v) is 3.94. The van der Waals surface area contributed by atoms with Crippen LogP contribution in [-0.2, 0) is 42.9 Å². The third-order valence-corrected chi connectivity index (χ3v) is 5.27. The van der Waals surface area contributed by atoms with Gasteiger partial charge in [0.25, 0.3) is 0 Å². The molecular weight excluding hydrogens is 488 g/mol. The van der Waals surface area contributed by atoms with Gasteiger partial charge in [0.15, 0.2) is 24.5 Å². The lowest BCUT2D eigenvalue weighted by atomic mass is 9.97. The maximum absolute atomic E-state index is 12.0. The highest BCUT2D eigenvalue weighted by Crippen LogP contribution is 2.31. The number of carbonyl (C=O) groups is 4. The van der Waals surface area contributed by atoms with Gasteiger partial charge in [0.2, 0.25) is 5.95 Å². The number of para-hydroxylation sites is 1. The molecule has 0 radical (unpaired) electrons. The van der Waals surface area contributed by atoms with Crippen LogP contribution in [0.2, 0.25) is 0 Å². The summed E-state index contributed by atoms with van der Waals surface area (Å²) in [4.78, 5) is 58.3. The summed E-state index contributed by atoms with van der Waals surface area (Å²) in [7, 11) is 3.65. The quantitative estimate of drug-likeness (QED) is 0.393. The summed E-state index contributed by atoms with van der Waals surface area (Å²) in [5.41, 5.74) is 0.634. The Morgan fingerprint density at radius 2 is 1.46 bits per heavy atom. The van der Waals surface area contributed by atoms with Gasteiger partial charge < -0.3 is 33.9 Å². The largest absolute Gasteiger partial charge is 0.463 e. The normalized spacial score (nSPS) is 23.0. The van der Waals surface area contributed by atoms with Crippen LogP contribution in [0.4, 0.5) is 11.8 Å². The molecule has 0 bridgehead atoms. The van der Waals surface area contributed by atoms with Crippen molar-refractivity contribution in [2.24, 2.45) is 0 Å². The number of nitrogens with one attached hydrogen (secondary N) is 1. The maximum Gasteiger partial charge on any atom is 0.303 e. The molecule has 1 aromatic heterocycles. The molecule has 1 aromatic carbocycles. The van der Waals surface area contributed by atoms with Crippen molar-refractivity contribution in [3.63, 3.8) is 0 Å². The Kier molecular flexibility index (Phi) is 8.81. The van der Waals surface area contributed by atoms with Gasteiger partial charge >= 0.3 is 23.9 Å². The van der Waals surface area contributed by atoms with Gasteiger partial charge in [-0.25, -0.2) is 4.98 Å². The SMILES string of the molecule is CC(=O)OC[C@H]1O[C@@H](Nc2nc(N(C)C)c3ccccc3n2)[C@H](OC(C)=O)[C@@H](OC(C)=O)[C@@H]1OC(C)=O. The smallest absolute Gasteiger partial charge is 0.303 e. The minimum atomic E-state index is -1.30. The van der Waals surface area contributed by atoms with Crippen LogP contribution in [-0.4, -0.2) is 85.2 Å². The highest BCUT2D eigenvalue weighted by molar-refractivity contribution is 5.90. The average molecular weight is 519 g/mol. The van der Waals surface area contributed by atoms with Crippen LogP contribution >= 0.6 is 0 Å². The molecule has 13 nitrogen and oxygen atoms in total. The Hall–Kier alpha value is -4.00. The lowest BCUT2D eigenvalue weighted by molar-refractivity contribution is -0.247. The van der Waals surface area contributed by atoms with Crippen molar-refractivity contribution >= 4 is 46.5 Å². The Morgan fingerprint density at radius 1 is 0.865 bits per heavy atom. The molecule has 2 heterocycles. The maximum atomic E-state index is 12.0. The first-order chi connectivity index (χ1) is 17.5. The second-order valence-electron chi connectivity index (χ2n) is 8.55. The number of aromatic nitrogens is 2. The second-order valence-corrected chi connectivity index (χ2v) is 8.55. The fourth-order valence-electron chi connectivity index (χ4n) is 3.94. The molecule has 1 aliphatic rings. The molecule has 0 saturated carbocycles. The van der Waals surface area contributed by atoms with Crippen molar-refractivity contribution in [2.75, 3.05) is 30.9 Å². The van der Waals surface area contributed by atoms with Crippen molar-refractivity contribution in [2.45, 2.75) is 58.3 Å². The minimum Gasteiger partial charge on any atom is -0.463 e. The lowest BCUT2D eigenvalue weighted by Gasteiger charge is -2.44. The third kappa shape index (κ3) is 7.03. The molecule has 0 aliphatic carbocycles. The Balaban J connectivity index is 2.06. The number of nitrogens with zero attached hydrogens (tertiary/aromatic N) is 3. The second kappa shape index (κ2) is 11.8. The predicted octanol–water partition coefficient (Wildman–Crippen LogP) is 1.19. The number of hydrogen-bond acceptors (Lipinski definition) is 13. The van der Waals surface area contributed by atoms with Crippen molar-refractivity contribution in [1.29, 1.82) is 0 Å². The Morgan fingerprint density at radius 3 is 2.05 bits per heavy atom. The van der Waals surface area contributed by atoms with Gasteiger partial charge in [-0.3, -0.25) is 19.2 Å². The average Bonchev–Trinajstić information content (AvgIpc) is 2.80. The van der Waals surface area contributed by atoms with Crippen molar-refractivity contribution in [3.05, 3.63) is 24.3 Å². The summed E-state index contributed by atoms with van der Waals surface area (Å²) in [5, 5.41) is 3.80. The summed E-state index contributed by atoms with van der Waals surface area (Å²) in [6.45, 7) is 4.35. The summed E-state index contributed by atoms with van der Waals surface area (Å²) >= 11 is 0. The van der Waals surface area contributed by atoms with Gasteiger partial charge in [-0.1, -0.05) is 12.1 Å². The fraction of sp³-hybridized carbons (Fsp3) is 0.500. The monoisotopic (exact) mass is 518 g/mol. The number of benzene rings is 1. The lowest BCUT2D eigenvalue weighted by Crippen LogP contribution is -2.64. The Labute approximate surface area is 213 Å². The Bertz CT molecular complexity index is 1170. The van der Waals surface area contributed by atoms with E-state index in [4.69, 9.17) is 23.7 Å². The summed E-state index contributed by atoms with van der Waals surface area (Å²) < 4.78 is 27.5. The van der Waals surface area contributed by atoms with Crippen molar-refractivity contribution in [1.82, 2.24) is 9.97 Å². The van der Waals surface area contributed by atoms with E-state index in [1.54, 1.807) is 0 Å². The minimum absolute atomic E-state index is 0.128. The summed E-state index contributed by atoms with van der Waals surface area (Å²) in [5.74, 6) is -1.99. The zero-order valence-electron chi connectivity index (χ0n) is 21.4. The van der Waals surface area contributed by atoms with Crippen LogP contribution in [0.5, 0.6) is 0 Å². The molecule has 5 atom stereocenters. The molecule has 1 saturated heterocycles. The van der Waals surface area contributed by atoms with Crippen molar-refractivity contribution < 1.29 is 42.9 Å². The summed E-state index contributed by atoms with van der Waals surface area (Å²) in [6, 6.07) is 7.38. The number of anilines is 2. The van der Waals surface area contributed by atoms with Crippen molar-refractivity contribution in [3.8, 4) is 0 Å². The van der Waals surface area contributed by atoms with E-state index in [2.05, 4.69) is 15.3 Å². The number of rotatable bonds is 8. The highest BCUT2D eigenvalue weighted by atomic mass is 16.7. The summed E-state index contributed by atoms with van der Waals surface area (Å²) in [6.07, 6.45) is -6.10. The van der Waals surface area contributed by atoms with Crippen LogP contribution in [0, 0.1) is 0 Å². The standard InChI is InChI=1S/C24H30N4O9/c1-12(29)33-11-18-19(34-13(2)30)20(35-14(3)31)21(36-15(4)32)23(37-18)27-24-25-17-10-8-7-9-16(17)22(26-24)28(5)6/h7-10,18-21,23H,11H2,1-6H3,(H,25,26,27)/t18-,19-,20+,21-,23-/m1/s1. The molecule has 2 aromatic rings. The zero-order chi connectivity index (χ0) is 27.3. The highest BCUT2D eigenvalue weighted by Gasteiger charge is 2.52. The van der Waals surface area contributed by atoms with E-state index in [0.717, 1.165) is 19.2 Å². The number of esters is 4. The van der Waals surface area contributed by atoms with Gasteiger partial charge in [0.1, 0.15) is 18.5 Å². The predicted molar refractivity (Wildman–Crippen MR) is 129 cm³/mol. The van der Waals surface area contributed by atoms with Crippen LogP contribution in [0.3, 0.4) is 0 Å². The van der Waals surface area contributed by atoms with E-state index in [0.29, 0.717) is 11.3 Å². The van der Waals surface area contributed by atoms with Gasteiger partial charge in [0, 0.05) is 47.2 Å². The molecular formula is C24H30N4O9. The third-order valence-electron chi connectivity index (χ3n) is 5.27. The molecule has 1 fully saturated rings. The van der Waals surface area contributed by atoms with E-state index >= 15 is 0 Å². The molecule has 1 N–H and O–H groups in total. The van der Waals surface area contributed by atoms with Crippen LogP contribution < -0.4 is 10.2 Å². The molecule has 3 rings (SSSR count). The first-order valence-corrected chi connectivity index (χ1v) is 11.5. The van der Waals surface area contributed by atoms with E-state index in [-0.39, 0.29) is 12.6 Å². The molecule has 0 spiro atoms. The van der Waals surface area contributed by atoms with E-state index in [1.165, 1.54) is 13.8 Å². The first kappa shape index (κ1) is 27.6. The van der Waals surface area contributed by atoms with E-state index in [9.17, 15) is 19.2 Å². The molecule has 200 valence electrons. The topological polar surface area (TPSA) is 155 Å². The molecule has 13 heteroatoms. The first-order valence-electron chi connectivity index (χ1n) is 11.5. The zero-order valence-corrected chi connectivity index (χ0v) is 21.4. The van der Waals surface area contributed by atoms with Gasteiger partial charge in [0.05, 0.1) is 5.52 Å². The molecule has 0 unspecified atom stereocenters. The molecule has 1 aliphatic heterocycles. The van der Waals surface area contributed by atoms with Crippen LogP contribution in [0.15, 0.2) is 24.3 Å². The van der Waals surface area contributed by atoms with Gasteiger partial charge in [-0.15, -0.1) is 0 Å². The van der Waals surface area contributed by atoms with E-state index in [1.807, 2.05) is 43.3 Å². The molecule has 0 amide bonds. The number of carbonyl (C=O) groups excluding carboxylic acids is 4. The van der Waals surface area contributed by atoms with Gasteiger partial charge in [-0.05, 0) is 12.1 Å². The van der Waals surface area contributed by atoms with Gasteiger partial charge in [-0.2, -0.15) is 4.98 Å². The number of hydrogen-bond donors (Lipinski definition) is 1. The van der Waals surface area contributed by atoms with Crippen LogP contribution in [0.25, 0.3) is 10.9 Å². The van der Waals surface area contributed by atoms with E-state index < -0.39 is 54.5 Å². The number of ether oxygens (including phenoxy) is 5.